The number of rotatable bonds is 3. The summed E-state index contributed by atoms with van der Waals surface area (Å²) < 4.78 is 0. The van der Waals surface area contributed by atoms with Crippen molar-refractivity contribution in [1.29, 1.82) is 0 Å². The highest BCUT2D eigenvalue weighted by atomic mass is 16.2. The molecule has 0 aromatic carbocycles. The first-order valence-corrected chi connectivity index (χ1v) is 8.17. The minimum absolute atomic E-state index is 0.214. The van der Waals surface area contributed by atoms with Crippen molar-refractivity contribution in [1.82, 2.24) is 15.5 Å². The summed E-state index contributed by atoms with van der Waals surface area (Å²) in [6, 6.07) is 0.406. The normalized spacial score (nSPS) is 29.1. The summed E-state index contributed by atoms with van der Waals surface area (Å²) in [7, 11) is 0. The van der Waals surface area contributed by atoms with Crippen LogP contribution < -0.4 is 10.6 Å². The molecule has 0 bridgehead atoms. The highest BCUT2D eigenvalue weighted by Gasteiger charge is 2.30. The molecule has 0 aromatic heterocycles. The van der Waals surface area contributed by atoms with E-state index in [4.69, 9.17) is 0 Å². The first-order valence-electron chi connectivity index (χ1n) is 8.17. The molecule has 2 aliphatic rings. The number of carbonyl (C=O) groups excluding carboxylic acids is 1. The van der Waals surface area contributed by atoms with Gasteiger partial charge in [-0.3, -0.25) is 9.69 Å². The van der Waals surface area contributed by atoms with Crippen molar-refractivity contribution < 1.29 is 4.79 Å². The van der Waals surface area contributed by atoms with Gasteiger partial charge in [-0.15, -0.1) is 0 Å². The largest absolute Gasteiger partial charge is 0.352 e. The summed E-state index contributed by atoms with van der Waals surface area (Å²) in [5.74, 6) is 1.02. The summed E-state index contributed by atoms with van der Waals surface area (Å²) in [5.41, 5.74) is 0.412. The molecule has 2 N–H and O–H groups in total. The molecule has 4 heteroatoms. The van der Waals surface area contributed by atoms with Crippen molar-refractivity contribution in [3.05, 3.63) is 0 Å². The Morgan fingerprint density at radius 2 is 1.75 bits per heavy atom. The van der Waals surface area contributed by atoms with Crippen molar-refractivity contribution in [2.75, 3.05) is 32.7 Å². The summed E-state index contributed by atoms with van der Waals surface area (Å²) in [6.07, 6.45) is 4.80. The van der Waals surface area contributed by atoms with E-state index >= 15 is 0 Å². The molecule has 2 fully saturated rings. The highest BCUT2D eigenvalue weighted by molar-refractivity contribution is 5.78. The fourth-order valence-corrected chi connectivity index (χ4v) is 3.45. The van der Waals surface area contributed by atoms with E-state index in [-0.39, 0.29) is 5.91 Å². The third kappa shape index (κ3) is 4.74. The van der Waals surface area contributed by atoms with Crippen LogP contribution in [0.2, 0.25) is 0 Å². The second-order valence-electron chi connectivity index (χ2n) is 7.51. The van der Waals surface area contributed by atoms with E-state index < -0.39 is 0 Å². The molecule has 1 saturated carbocycles. The van der Waals surface area contributed by atoms with E-state index in [0.717, 1.165) is 44.9 Å². The lowest BCUT2D eigenvalue weighted by Crippen LogP contribution is -2.49. The maximum absolute atomic E-state index is 12.1. The molecule has 1 amide bonds. The number of nitrogens with zero attached hydrogens (tertiary/aromatic N) is 1. The van der Waals surface area contributed by atoms with Crippen LogP contribution in [0.4, 0.5) is 0 Å². The zero-order valence-corrected chi connectivity index (χ0v) is 13.4. The van der Waals surface area contributed by atoms with Crippen molar-refractivity contribution in [2.24, 2.45) is 11.3 Å². The predicted molar refractivity (Wildman–Crippen MR) is 82.7 cm³/mol. The molecule has 20 heavy (non-hydrogen) atoms. The number of amides is 1. The number of hydrogen-bond acceptors (Lipinski definition) is 3. The molecule has 1 heterocycles. The SMILES string of the molecule is CC(C)(C)C1CCC(NC(=O)CN2CCNCC2)CC1. The Bertz CT molecular complexity index is 310. The van der Waals surface area contributed by atoms with E-state index in [1.165, 1.54) is 12.8 Å². The molecular formula is C16H31N3O. The summed E-state index contributed by atoms with van der Waals surface area (Å²) in [4.78, 5) is 14.3. The molecule has 0 aromatic rings. The third-order valence-electron chi connectivity index (χ3n) is 4.89. The first-order chi connectivity index (χ1) is 9.45. The second-order valence-corrected chi connectivity index (χ2v) is 7.51. The Morgan fingerprint density at radius 3 is 2.30 bits per heavy atom. The monoisotopic (exact) mass is 281 g/mol. The smallest absolute Gasteiger partial charge is 0.234 e. The van der Waals surface area contributed by atoms with Crippen LogP contribution in [0, 0.1) is 11.3 Å². The Kier molecular flexibility index (Phi) is 5.44. The Morgan fingerprint density at radius 1 is 1.15 bits per heavy atom. The van der Waals surface area contributed by atoms with Crippen LogP contribution in [-0.2, 0) is 4.79 Å². The van der Waals surface area contributed by atoms with Gasteiger partial charge in [0, 0.05) is 32.2 Å². The van der Waals surface area contributed by atoms with Gasteiger partial charge in [-0.25, -0.2) is 0 Å². The van der Waals surface area contributed by atoms with Crippen molar-refractivity contribution >= 4 is 5.91 Å². The number of carbonyl (C=O) groups is 1. The number of piperazine rings is 1. The topological polar surface area (TPSA) is 44.4 Å². The van der Waals surface area contributed by atoms with Crippen LogP contribution in [0.3, 0.4) is 0 Å². The Labute approximate surface area is 123 Å². The van der Waals surface area contributed by atoms with E-state index in [1.807, 2.05) is 0 Å². The minimum atomic E-state index is 0.214. The van der Waals surface area contributed by atoms with Gasteiger partial charge in [-0.05, 0) is 37.0 Å². The minimum Gasteiger partial charge on any atom is -0.352 e. The number of hydrogen-bond donors (Lipinski definition) is 2. The van der Waals surface area contributed by atoms with Gasteiger partial charge < -0.3 is 10.6 Å². The fourth-order valence-electron chi connectivity index (χ4n) is 3.45. The Balaban J connectivity index is 1.68. The van der Waals surface area contributed by atoms with Crippen LogP contribution >= 0.6 is 0 Å². The maximum Gasteiger partial charge on any atom is 0.234 e. The lowest BCUT2D eigenvalue weighted by Gasteiger charge is -2.37. The van der Waals surface area contributed by atoms with Gasteiger partial charge in [0.25, 0.3) is 0 Å². The molecule has 116 valence electrons. The quantitative estimate of drug-likeness (QED) is 0.826. The molecule has 0 radical (unpaired) electrons. The molecule has 1 saturated heterocycles. The van der Waals surface area contributed by atoms with Crippen molar-refractivity contribution in [3.63, 3.8) is 0 Å². The van der Waals surface area contributed by atoms with E-state index in [0.29, 0.717) is 18.0 Å². The summed E-state index contributed by atoms with van der Waals surface area (Å²) in [5, 5.41) is 6.55. The fraction of sp³-hybridized carbons (Fsp3) is 0.938. The average Bonchev–Trinajstić information content (AvgIpc) is 2.39. The molecule has 4 nitrogen and oxygen atoms in total. The first kappa shape index (κ1) is 15.8. The maximum atomic E-state index is 12.1. The van der Waals surface area contributed by atoms with E-state index in [9.17, 15) is 4.79 Å². The van der Waals surface area contributed by atoms with Crippen LogP contribution in [-0.4, -0.2) is 49.6 Å². The lowest BCUT2D eigenvalue weighted by atomic mass is 9.71. The molecule has 0 spiro atoms. The number of nitrogens with one attached hydrogen (secondary N) is 2. The highest BCUT2D eigenvalue weighted by Crippen LogP contribution is 2.37. The van der Waals surface area contributed by atoms with Gasteiger partial charge in [0.05, 0.1) is 6.54 Å². The van der Waals surface area contributed by atoms with Gasteiger partial charge in [-0.1, -0.05) is 20.8 Å². The molecule has 0 unspecified atom stereocenters. The van der Waals surface area contributed by atoms with Gasteiger partial charge >= 0.3 is 0 Å². The lowest BCUT2D eigenvalue weighted by molar-refractivity contribution is -0.123. The molecule has 2 rings (SSSR count). The third-order valence-corrected chi connectivity index (χ3v) is 4.89. The summed E-state index contributed by atoms with van der Waals surface area (Å²) in [6.45, 7) is 11.6. The van der Waals surface area contributed by atoms with Gasteiger partial charge in [0.2, 0.25) is 5.91 Å². The van der Waals surface area contributed by atoms with Crippen LogP contribution in [0.5, 0.6) is 0 Å². The second kappa shape index (κ2) is 6.90. The molecule has 1 aliphatic carbocycles. The Hall–Kier alpha value is -0.610. The van der Waals surface area contributed by atoms with Crippen molar-refractivity contribution in [2.45, 2.75) is 52.5 Å². The molecular weight excluding hydrogens is 250 g/mol. The van der Waals surface area contributed by atoms with Gasteiger partial charge in [0.1, 0.15) is 0 Å². The van der Waals surface area contributed by atoms with Crippen LogP contribution in [0.1, 0.15) is 46.5 Å². The zero-order chi connectivity index (χ0) is 14.6. The van der Waals surface area contributed by atoms with E-state index in [2.05, 4.69) is 36.3 Å². The molecule has 1 aliphatic heterocycles. The van der Waals surface area contributed by atoms with E-state index in [1.54, 1.807) is 0 Å². The average molecular weight is 281 g/mol. The van der Waals surface area contributed by atoms with Crippen molar-refractivity contribution in [3.8, 4) is 0 Å². The predicted octanol–water partition coefficient (Wildman–Crippen LogP) is 1.61. The molecule has 0 atom stereocenters. The van der Waals surface area contributed by atoms with Crippen LogP contribution in [0.15, 0.2) is 0 Å². The standard InChI is InChI=1S/C16H31N3O/c1-16(2,3)13-4-6-14(7-5-13)18-15(20)12-19-10-8-17-9-11-19/h13-14,17H,4-12H2,1-3H3,(H,18,20). The zero-order valence-electron chi connectivity index (χ0n) is 13.4. The van der Waals surface area contributed by atoms with Crippen LogP contribution in [0.25, 0.3) is 0 Å². The van der Waals surface area contributed by atoms with Gasteiger partial charge in [-0.2, -0.15) is 0 Å². The van der Waals surface area contributed by atoms with Gasteiger partial charge in [0.15, 0.2) is 0 Å². The summed E-state index contributed by atoms with van der Waals surface area (Å²) >= 11 is 0.